The lowest BCUT2D eigenvalue weighted by atomic mass is 10.3. The van der Waals surface area contributed by atoms with Crippen LogP contribution in [0.5, 0.6) is 0 Å². The average Bonchev–Trinajstić information content (AvgIpc) is 2.38. The fourth-order valence-corrected chi connectivity index (χ4v) is 1.48. The maximum Gasteiger partial charge on any atom is 0.101 e. The predicted molar refractivity (Wildman–Crippen MR) is 38.4 cm³/mol. The van der Waals surface area contributed by atoms with Crippen LogP contribution in [-0.2, 0) is 9.47 Å². The molecule has 4 heteroatoms. The van der Waals surface area contributed by atoms with Crippen molar-refractivity contribution in [3.63, 3.8) is 0 Å². The third-order valence-electron chi connectivity index (χ3n) is 2.11. The Morgan fingerprint density at radius 1 is 1.09 bits per heavy atom. The molecule has 11 heavy (non-hydrogen) atoms. The van der Waals surface area contributed by atoms with Crippen molar-refractivity contribution in [1.29, 1.82) is 0 Å². The lowest BCUT2D eigenvalue weighted by Crippen LogP contribution is -2.27. The molecule has 2 fully saturated rings. The number of ether oxygens (including phenoxy) is 2. The lowest BCUT2D eigenvalue weighted by molar-refractivity contribution is -0.00461. The van der Waals surface area contributed by atoms with Gasteiger partial charge in [0, 0.05) is 13.1 Å². The van der Waals surface area contributed by atoms with Crippen LogP contribution in [0.2, 0.25) is 0 Å². The highest BCUT2D eigenvalue weighted by atomic mass is 16.6. The highest BCUT2D eigenvalue weighted by molar-refractivity contribution is 4.85. The molecule has 4 nitrogen and oxygen atoms in total. The molecule has 0 saturated carbocycles. The molecule has 2 saturated heterocycles. The van der Waals surface area contributed by atoms with E-state index < -0.39 is 6.10 Å². The van der Waals surface area contributed by atoms with Gasteiger partial charge in [0.15, 0.2) is 0 Å². The summed E-state index contributed by atoms with van der Waals surface area (Å²) >= 11 is 0. The average molecular weight is 159 g/mol. The van der Waals surface area contributed by atoms with Crippen molar-refractivity contribution >= 4 is 0 Å². The van der Waals surface area contributed by atoms with Crippen molar-refractivity contribution in [2.45, 2.75) is 18.3 Å². The molecular formula is C7H13NO3. The van der Waals surface area contributed by atoms with Gasteiger partial charge in [0.2, 0.25) is 0 Å². The normalized spacial score (nSPS) is 45.0. The van der Waals surface area contributed by atoms with Gasteiger partial charge in [-0.05, 0) is 0 Å². The Balaban J connectivity index is 1.95. The van der Waals surface area contributed by atoms with E-state index in [0.717, 1.165) is 13.1 Å². The molecule has 2 rings (SSSR count). The van der Waals surface area contributed by atoms with Crippen LogP contribution in [0.25, 0.3) is 0 Å². The number of aliphatic hydroxyl groups excluding tert-OH is 1. The number of nitrogens with one attached hydrogen (secondary N) is 1. The summed E-state index contributed by atoms with van der Waals surface area (Å²) in [7, 11) is 0. The molecule has 0 aromatic heterocycles. The van der Waals surface area contributed by atoms with E-state index >= 15 is 0 Å². The van der Waals surface area contributed by atoms with Gasteiger partial charge in [0.05, 0.1) is 25.4 Å². The molecule has 2 unspecified atom stereocenters. The molecule has 2 N–H and O–H groups in total. The Bertz CT molecular complexity index is 128. The van der Waals surface area contributed by atoms with Gasteiger partial charge >= 0.3 is 0 Å². The fraction of sp³-hybridized carbons (Fsp3) is 1.00. The number of hydrogen-bond donors (Lipinski definition) is 2. The first-order chi connectivity index (χ1) is 5.36. The largest absolute Gasteiger partial charge is 0.388 e. The Kier molecular flexibility index (Phi) is 2.09. The lowest BCUT2D eigenvalue weighted by Gasteiger charge is -2.13. The summed E-state index contributed by atoms with van der Waals surface area (Å²) in [5.41, 5.74) is 0. The minimum absolute atomic E-state index is 0.146. The summed E-state index contributed by atoms with van der Waals surface area (Å²) in [6.07, 6.45) is -0.153. The number of rotatable bonds is 0. The molecule has 0 spiro atoms. The van der Waals surface area contributed by atoms with Gasteiger partial charge in [-0.3, -0.25) is 0 Å². The van der Waals surface area contributed by atoms with Gasteiger partial charge in [0.25, 0.3) is 0 Å². The maximum absolute atomic E-state index is 9.17. The number of fused-ring (bicyclic) bond motifs is 1. The maximum atomic E-state index is 9.17. The first kappa shape index (κ1) is 7.49. The Morgan fingerprint density at radius 3 is 2.18 bits per heavy atom. The van der Waals surface area contributed by atoms with Gasteiger partial charge in [0.1, 0.15) is 6.10 Å². The molecule has 0 aromatic carbocycles. The summed E-state index contributed by atoms with van der Waals surface area (Å²) in [6, 6.07) is 0. The van der Waals surface area contributed by atoms with Crippen LogP contribution in [0.1, 0.15) is 0 Å². The second-order valence-electron chi connectivity index (χ2n) is 3.06. The number of hydrogen-bond acceptors (Lipinski definition) is 4. The van der Waals surface area contributed by atoms with Gasteiger partial charge in [-0.2, -0.15) is 0 Å². The highest BCUT2D eigenvalue weighted by Gasteiger charge is 2.31. The van der Waals surface area contributed by atoms with E-state index in [1.54, 1.807) is 0 Å². The summed E-state index contributed by atoms with van der Waals surface area (Å²) in [6.45, 7) is 2.50. The van der Waals surface area contributed by atoms with Gasteiger partial charge in [-0.1, -0.05) is 0 Å². The van der Waals surface area contributed by atoms with E-state index in [4.69, 9.17) is 9.47 Å². The molecule has 0 bridgehead atoms. The van der Waals surface area contributed by atoms with E-state index in [1.807, 2.05) is 0 Å². The van der Waals surface area contributed by atoms with Crippen LogP contribution < -0.4 is 5.32 Å². The first-order valence-electron chi connectivity index (χ1n) is 3.98. The molecule has 2 heterocycles. The van der Waals surface area contributed by atoms with Crippen LogP contribution >= 0.6 is 0 Å². The van der Waals surface area contributed by atoms with E-state index in [1.165, 1.54) is 0 Å². The van der Waals surface area contributed by atoms with Gasteiger partial charge < -0.3 is 19.9 Å². The third-order valence-corrected chi connectivity index (χ3v) is 2.11. The molecule has 2 aliphatic heterocycles. The van der Waals surface area contributed by atoms with E-state index in [0.29, 0.717) is 13.2 Å². The minimum Gasteiger partial charge on any atom is -0.388 e. The minimum atomic E-state index is -0.444. The molecule has 2 aliphatic rings. The third kappa shape index (κ3) is 1.54. The molecule has 0 amide bonds. The van der Waals surface area contributed by atoms with Gasteiger partial charge in [-0.25, -0.2) is 0 Å². The molecule has 0 aromatic rings. The van der Waals surface area contributed by atoms with E-state index in [-0.39, 0.29) is 12.2 Å². The molecule has 2 atom stereocenters. The SMILES string of the molecule is OC1COC2CNCC2OC1. The number of aliphatic hydroxyl groups is 1. The Hall–Kier alpha value is -0.160. The van der Waals surface area contributed by atoms with E-state index in [2.05, 4.69) is 5.32 Å². The predicted octanol–water partition coefficient (Wildman–Crippen LogP) is -1.27. The monoisotopic (exact) mass is 159 g/mol. The van der Waals surface area contributed by atoms with Crippen molar-refractivity contribution < 1.29 is 14.6 Å². The second-order valence-corrected chi connectivity index (χ2v) is 3.06. The fourth-order valence-electron chi connectivity index (χ4n) is 1.48. The summed E-state index contributed by atoms with van der Waals surface area (Å²) < 4.78 is 10.8. The second kappa shape index (κ2) is 3.06. The molecular weight excluding hydrogens is 146 g/mol. The highest BCUT2D eigenvalue weighted by Crippen LogP contribution is 2.13. The molecule has 0 radical (unpaired) electrons. The summed E-state index contributed by atoms with van der Waals surface area (Å²) in [4.78, 5) is 0. The zero-order valence-corrected chi connectivity index (χ0v) is 6.32. The van der Waals surface area contributed by atoms with E-state index in [9.17, 15) is 5.11 Å². The van der Waals surface area contributed by atoms with Crippen LogP contribution in [0.3, 0.4) is 0 Å². The Morgan fingerprint density at radius 2 is 1.64 bits per heavy atom. The molecule has 64 valence electrons. The standard InChI is InChI=1S/C7H13NO3/c9-5-3-10-6-1-8-2-7(6)11-4-5/h5-9H,1-4H2. The Labute approximate surface area is 65.5 Å². The van der Waals surface area contributed by atoms with Crippen molar-refractivity contribution in [2.75, 3.05) is 26.3 Å². The van der Waals surface area contributed by atoms with Crippen LogP contribution in [0, 0.1) is 0 Å². The topological polar surface area (TPSA) is 50.7 Å². The first-order valence-corrected chi connectivity index (χ1v) is 3.98. The van der Waals surface area contributed by atoms with Crippen molar-refractivity contribution in [1.82, 2.24) is 5.32 Å². The van der Waals surface area contributed by atoms with Crippen molar-refractivity contribution in [2.24, 2.45) is 0 Å². The molecule has 0 aliphatic carbocycles. The van der Waals surface area contributed by atoms with Crippen molar-refractivity contribution in [3.8, 4) is 0 Å². The zero-order chi connectivity index (χ0) is 7.68. The van der Waals surface area contributed by atoms with Crippen LogP contribution in [0.15, 0.2) is 0 Å². The van der Waals surface area contributed by atoms with Crippen LogP contribution in [-0.4, -0.2) is 49.7 Å². The summed E-state index contributed by atoms with van der Waals surface area (Å²) in [5, 5.41) is 12.3. The van der Waals surface area contributed by atoms with Crippen molar-refractivity contribution in [3.05, 3.63) is 0 Å². The van der Waals surface area contributed by atoms with Crippen LogP contribution in [0.4, 0.5) is 0 Å². The summed E-state index contributed by atoms with van der Waals surface area (Å²) in [5.74, 6) is 0. The zero-order valence-electron chi connectivity index (χ0n) is 6.32. The van der Waals surface area contributed by atoms with Gasteiger partial charge in [-0.15, -0.1) is 0 Å². The quantitative estimate of drug-likeness (QED) is 0.463. The smallest absolute Gasteiger partial charge is 0.101 e.